The first-order valence-corrected chi connectivity index (χ1v) is 5.24. The van der Waals surface area contributed by atoms with Crippen LogP contribution in [0.15, 0.2) is 0 Å². The summed E-state index contributed by atoms with van der Waals surface area (Å²) in [6.07, 6.45) is 1.18. The molecular weight excluding hydrogens is 212 g/mol. The van der Waals surface area contributed by atoms with Gasteiger partial charge in [-0.25, -0.2) is 9.48 Å². The summed E-state index contributed by atoms with van der Waals surface area (Å²) in [7, 11) is 0. The Hall–Kier alpha value is -1.50. The lowest BCUT2D eigenvalue weighted by Gasteiger charge is -2.08. The number of rotatable bonds is 7. The van der Waals surface area contributed by atoms with E-state index in [1.54, 1.807) is 4.68 Å². The van der Waals surface area contributed by atoms with E-state index in [1.807, 2.05) is 0 Å². The Balaban J connectivity index is 2.47. The molecule has 0 saturated heterocycles. The number of tetrazole rings is 1. The number of aryl methyl sites for hydroxylation is 1. The zero-order chi connectivity index (χ0) is 12.0. The molecule has 7 nitrogen and oxygen atoms in total. The Bertz CT molecular complexity index is 339. The van der Waals surface area contributed by atoms with Gasteiger partial charge in [-0.3, -0.25) is 0 Å². The van der Waals surface area contributed by atoms with Gasteiger partial charge >= 0.3 is 5.97 Å². The first kappa shape index (κ1) is 12.6. The molecule has 0 aliphatic heterocycles. The van der Waals surface area contributed by atoms with Crippen molar-refractivity contribution < 1.29 is 14.6 Å². The fraction of sp³-hybridized carbons (Fsp3) is 0.778. The number of unbranched alkanes of at least 4 members (excludes halogenated alkanes) is 1. The van der Waals surface area contributed by atoms with Crippen molar-refractivity contribution >= 4 is 5.97 Å². The Morgan fingerprint density at radius 3 is 3.00 bits per heavy atom. The number of carboxylic acid groups (broad SMARTS) is 1. The molecule has 16 heavy (non-hydrogen) atoms. The molecule has 1 heterocycles. The monoisotopic (exact) mass is 228 g/mol. The predicted molar refractivity (Wildman–Crippen MR) is 54.6 cm³/mol. The standard InChI is InChI=1S/C9H16N4O3/c1-3-4-5-13-8(10-11-12-13)6-16-7(2)9(14)15/h7H,3-6H2,1-2H3,(H,14,15)/t7-/m0/s1. The molecule has 0 aliphatic rings. The smallest absolute Gasteiger partial charge is 0.332 e. The third kappa shape index (κ3) is 3.58. The molecule has 0 aromatic carbocycles. The van der Waals surface area contributed by atoms with Gasteiger partial charge in [-0.2, -0.15) is 0 Å². The van der Waals surface area contributed by atoms with Gasteiger partial charge in [0.2, 0.25) is 0 Å². The third-order valence-electron chi connectivity index (χ3n) is 2.14. The maximum atomic E-state index is 10.5. The second kappa shape index (κ2) is 6.16. The number of aromatic nitrogens is 4. The molecule has 1 atom stereocenters. The zero-order valence-corrected chi connectivity index (χ0v) is 9.46. The van der Waals surface area contributed by atoms with Gasteiger partial charge in [-0.15, -0.1) is 5.10 Å². The summed E-state index contributed by atoms with van der Waals surface area (Å²) < 4.78 is 6.74. The second-order valence-electron chi connectivity index (χ2n) is 3.46. The summed E-state index contributed by atoms with van der Waals surface area (Å²) in [6.45, 7) is 4.39. The SMILES string of the molecule is CCCCn1nnnc1CO[C@@H](C)C(=O)O. The van der Waals surface area contributed by atoms with Gasteiger partial charge in [0.05, 0.1) is 0 Å². The molecule has 0 radical (unpaired) electrons. The molecule has 1 rings (SSSR count). The van der Waals surface area contributed by atoms with Crippen LogP contribution < -0.4 is 0 Å². The van der Waals surface area contributed by atoms with Crippen LogP contribution in [0.3, 0.4) is 0 Å². The molecular formula is C9H16N4O3. The molecule has 1 N–H and O–H groups in total. The number of carboxylic acids is 1. The molecule has 7 heteroatoms. The van der Waals surface area contributed by atoms with Crippen LogP contribution >= 0.6 is 0 Å². The largest absolute Gasteiger partial charge is 0.479 e. The highest BCUT2D eigenvalue weighted by Gasteiger charge is 2.13. The van der Waals surface area contributed by atoms with Crippen molar-refractivity contribution in [2.75, 3.05) is 0 Å². The van der Waals surface area contributed by atoms with Gasteiger partial charge in [0, 0.05) is 6.54 Å². The molecule has 0 fully saturated rings. The fourth-order valence-electron chi connectivity index (χ4n) is 1.08. The van der Waals surface area contributed by atoms with Crippen molar-refractivity contribution in [3.05, 3.63) is 5.82 Å². The van der Waals surface area contributed by atoms with Gasteiger partial charge in [-0.1, -0.05) is 13.3 Å². The first-order valence-electron chi connectivity index (χ1n) is 5.24. The van der Waals surface area contributed by atoms with E-state index in [9.17, 15) is 4.79 Å². The summed E-state index contributed by atoms with van der Waals surface area (Å²) in [5, 5.41) is 19.8. The van der Waals surface area contributed by atoms with Crippen molar-refractivity contribution in [3.63, 3.8) is 0 Å². The van der Waals surface area contributed by atoms with Gasteiger partial charge in [0.1, 0.15) is 6.61 Å². The maximum Gasteiger partial charge on any atom is 0.332 e. The zero-order valence-electron chi connectivity index (χ0n) is 9.46. The highest BCUT2D eigenvalue weighted by Crippen LogP contribution is 2.01. The van der Waals surface area contributed by atoms with E-state index >= 15 is 0 Å². The quantitative estimate of drug-likeness (QED) is 0.729. The molecule has 90 valence electrons. The molecule has 1 aromatic heterocycles. The van der Waals surface area contributed by atoms with E-state index < -0.39 is 12.1 Å². The van der Waals surface area contributed by atoms with Crippen LogP contribution in [-0.2, 0) is 22.7 Å². The van der Waals surface area contributed by atoms with Gasteiger partial charge in [0.15, 0.2) is 11.9 Å². The summed E-state index contributed by atoms with van der Waals surface area (Å²) in [5.74, 6) is -0.436. The molecule has 1 aromatic rings. The van der Waals surface area contributed by atoms with E-state index in [-0.39, 0.29) is 6.61 Å². The van der Waals surface area contributed by atoms with Crippen molar-refractivity contribution in [1.29, 1.82) is 0 Å². The topological polar surface area (TPSA) is 90.1 Å². The highest BCUT2D eigenvalue weighted by atomic mass is 16.5. The molecule has 0 aliphatic carbocycles. The lowest BCUT2D eigenvalue weighted by molar-refractivity contribution is -0.150. The van der Waals surface area contributed by atoms with E-state index in [4.69, 9.17) is 9.84 Å². The van der Waals surface area contributed by atoms with Crippen LogP contribution in [0.5, 0.6) is 0 Å². The average molecular weight is 228 g/mol. The first-order chi connectivity index (χ1) is 7.65. The Kier molecular flexibility index (Phi) is 4.84. The van der Waals surface area contributed by atoms with Crippen molar-refractivity contribution in [2.45, 2.75) is 45.9 Å². The number of carbonyl (C=O) groups is 1. The summed E-state index contributed by atoms with van der Waals surface area (Å²) in [4.78, 5) is 10.5. The van der Waals surface area contributed by atoms with Crippen molar-refractivity contribution in [1.82, 2.24) is 20.2 Å². The van der Waals surface area contributed by atoms with E-state index in [2.05, 4.69) is 22.4 Å². The average Bonchev–Trinajstić information content (AvgIpc) is 2.70. The van der Waals surface area contributed by atoms with Gasteiger partial charge in [0.25, 0.3) is 0 Å². The minimum atomic E-state index is -0.993. The van der Waals surface area contributed by atoms with Crippen LogP contribution in [0, 0.1) is 0 Å². The molecule has 0 saturated carbocycles. The normalized spacial score (nSPS) is 12.6. The van der Waals surface area contributed by atoms with E-state index in [0.717, 1.165) is 19.4 Å². The maximum absolute atomic E-state index is 10.5. The third-order valence-corrected chi connectivity index (χ3v) is 2.14. The fourth-order valence-corrected chi connectivity index (χ4v) is 1.08. The summed E-state index contributed by atoms with van der Waals surface area (Å²) >= 11 is 0. The number of hydrogen-bond acceptors (Lipinski definition) is 5. The van der Waals surface area contributed by atoms with Crippen molar-refractivity contribution in [2.24, 2.45) is 0 Å². The predicted octanol–water partition coefficient (Wildman–Crippen LogP) is 0.463. The number of hydrogen-bond donors (Lipinski definition) is 1. The Morgan fingerprint density at radius 1 is 1.62 bits per heavy atom. The van der Waals surface area contributed by atoms with Crippen LogP contribution in [0.2, 0.25) is 0 Å². The van der Waals surface area contributed by atoms with Crippen LogP contribution in [0.4, 0.5) is 0 Å². The summed E-state index contributed by atoms with van der Waals surface area (Å²) in [5.41, 5.74) is 0. The highest BCUT2D eigenvalue weighted by molar-refractivity contribution is 5.71. The molecule has 0 unspecified atom stereocenters. The van der Waals surface area contributed by atoms with Gasteiger partial charge in [-0.05, 0) is 23.8 Å². The van der Waals surface area contributed by atoms with Gasteiger partial charge < -0.3 is 9.84 Å². The van der Waals surface area contributed by atoms with Crippen molar-refractivity contribution in [3.8, 4) is 0 Å². The molecule has 0 bridgehead atoms. The Labute approximate surface area is 93.4 Å². The lowest BCUT2D eigenvalue weighted by Crippen LogP contribution is -2.20. The van der Waals surface area contributed by atoms with E-state index in [1.165, 1.54) is 6.92 Å². The number of ether oxygens (including phenoxy) is 1. The second-order valence-corrected chi connectivity index (χ2v) is 3.46. The lowest BCUT2D eigenvalue weighted by atomic mass is 10.3. The minimum absolute atomic E-state index is 0.115. The molecule has 0 spiro atoms. The van der Waals surface area contributed by atoms with Crippen LogP contribution in [0.25, 0.3) is 0 Å². The Morgan fingerprint density at radius 2 is 2.38 bits per heavy atom. The minimum Gasteiger partial charge on any atom is -0.479 e. The number of aliphatic carboxylic acids is 1. The van der Waals surface area contributed by atoms with E-state index in [0.29, 0.717) is 5.82 Å². The van der Waals surface area contributed by atoms with Crippen LogP contribution in [0.1, 0.15) is 32.5 Å². The van der Waals surface area contributed by atoms with Crippen LogP contribution in [-0.4, -0.2) is 37.4 Å². The molecule has 0 amide bonds. The number of nitrogens with zero attached hydrogens (tertiary/aromatic N) is 4. The summed E-state index contributed by atoms with van der Waals surface area (Å²) in [6, 6.07) is 0.